The molecule has 0 fully saturated rings. The second-order valence-electron chi connectivity index (χ2n) is 12.0. The molecular weight excluding hydrogens is 536 g/mol. The van der Waals surface area contributed by atoms with Crippen molar-refractivity contribution in [2.24, 2.45) is 5.41 Å². The van der Waals surface area contributed by atoms with Crippen LogP contribution in [0.3, 0.4) is 0 Å². The standard InChI is InChI=1S/C38H42O5/c1-9-38(7,8)36(39)28-10-16-32(17-11-28)42-33-18-12-29(13-19-33)37(40)43-35-21-15-31(23-26(35)5)27(6)30-14-20-34(25(4)22-30)41-24(2)3/h10-24,27H,9H2,1-8H3. The number of carbonyl (C=O) groups excluding carboxylic acids is 2. The van der Waals surface area contributed by atoms with Crippen molar-refractivity contribution in [2.75, 3.05) is 0 Å². The highest BCUT2D eigenvalue weighted by molar-refractivity contribution is 6.00. The molecule has 4 aromatic rings. The largest absolute Gasteiger partial charge is 0.491 e. The summed E-state index contributed by atoms with van der Waals surface area (Å²) in [4.78, 5) is 25.6. The smallest absolute Gasteiger partial charge is 0.343 e. The van der Waals surface area contributed by atoms with Crippen molar-refractivity contribution < 1.29 is 23.8 Å². The van der Waals surface area contributed by atoms with Crippen LogP contribution in [0.1, 0.15) is 96.9 Å². The van der Waals surface area contributed by atoms with Crippen molar-refractivity contribution in [3.05, 3.63) is 118 Å². The molecule has 1 atom stereocenters. The van der Waals surface area contributed by atoms with Gasteiger partial charge in [-0.3, -0.25) is 4.79 Å². The minimum Gasteiger partial charge on any atom is -0.491 e. The van der Waals surface area contributed by atoms with Gasteiger partial charge in [0, 0.05) is 16.9 Å². The normalized spacial score (nSPS) is 12.1. The van der Waals surface area contributed by atoms with Gasteiger partial charge in [0.25, 0.3) is 0 Å². The van der Waals surface area contributed by atoms with Crippen LogP contribution in [0.15, 0.2) is 84.9 Å². The van der Waals surface area contributed by atoms with E-state index < -0.39 is 11.4 Å². The molecule has 224 valence electrons. The van der Waals surface area contributed by atoms with Crippen LogP contribution in [-0.2, 0) is 0 Å². The van der Waals surface area contributed by atoms with E-state index in [1.54, 1.807) is 48.5 Å². The Labute approximate surface area is 255 Å². The summed E-state index contributed by atoms with van der Waals surface area (Å²) in [5.41, 5.74) is 5.02. The van der Waals surface area contributed by atoms with Crippen LogP contribution in [0.5, 0.6) is 23.0 Å². The van der Waals surface area contributed by atoms with E-state index in [1.165, 1.54) is 5.56 Å². The monoisotopic (exact) mass is 578 g/mol. The quantitative estimate of drug-likeness (QED) is 0.101. The van der Waals surface area contributed by atoms with Gasteiger partial charge >= 0.3 is 5.97 Å². The highest BCUT2D eigenvalue weighted by Crippen LogP contribution is 2.32. The number of Topliss-reactive ketones (excluding diaryl/α,β-unsaturated/α-hetero) is 1. The maximum atomic E-state index is 12.9. The maximum absolute atomic E-state index is 12.9. The van der Waals surface area contributed by atoms with Gasteiger partial charge in [0.2, 0.25) is 0 Å². The van der Waals surface area contributed by atoms with Crippen LogP contribution >= 0.6 is 0 Å². The molecule has 0 heterocycles. The number of aryl methyl sites for hydroxylation is 2. The Hall–Kier alpha value is -4.38. The first-order chi connectivity index (χ1) is 20.4. The van der Waals surface area contributed by atoms with Gasteiger partial charge in [-0.05, 0) is 117 Å². The number of benzene rings is 4. The van der Waals surface area contributed by atoms with Crippen molar-refractivity contribution in [1.29, 1.82) is 0 Å². The highest BCUT2D eigenvalue weighted by Gasteiger charge is 2.26. The topological polar surface area (TPSA) is 61.8 Å². The molecule has 0 aliphatic carbocycles. The van der Waals surface area contributed by atoms with Crippen molar-refractivity contribution in [1.82, 2.24) is 0 Å². The molecule has 43 heavy (non-hydrogen) atoms. The Morgan fingerprint density at radius 2 is 1.19 bits per heavy atom. The van der Waals surface area contributed by atoms with E-state index in [-0.39, 0.29) is 17.8 Å². The molecular formula is C38H42O5. The zero-order chi connectivity index (χ0) is 31.3. The van der Waals surface area contributed by atoms with E-state index in [4.69, 9.17) is 14.2 Å². The van der Waals surface area contributed by atoms with Crippen molar-refractivity contribution in [3.8, 4) is 23.0 Å². The summed E-state index contributed by atoms with van der Waals surface area (Å²) in [7, 11) is 0. The van der Waals surface area contributed by atoms with E-state index in [1.807, 2.05) is 59.7 Å². The number of ketones is 1. The average molecular weight is 579 g/mol. The first-order valence-corrected chi connectivity index (χ1v) is 14.9. The van der Waals surface area contributed by atoms with Gasteiger partial charge in [-0.1, -0.05) is 52.0 Å². The Balaban J connectivity index is 1.38. The van der Waals surface area contributed by atoms with Crippen molar-refractivity contribution in [3.63, 3.8) is 0 Å². The van der Waals surface area contributed by atoms with E-state index in [0.29, 0.717) is 28.4 Å². The van der Waals surface area contributed by atoms with Crippen LogP contribution < -0.4 is 14.2 Å². The minimum atomic E-state index is -0.437. The fourth-order valence-electron chi connectivity index (χ4n) is 4.76. The molecule has 0 aromatic heterocycles. The van der Waals surface area contributed by atoms with E-state index in [9.17, 15) is 9.59 Å². The molecule has 0 amide bonds. The van der Waals surface area contributed by atoms with Crippen LogP contribution in [0.2, 0.25) is 0 Å². The summed E-state index contributed by atoms with van der Waals surface area (Å²) < 4.78 is 17.6. The molecule has 5 heteroatoms. The fourth-order valence-corrected chi connectivity index (χ4v) is 4.76. The van der Waals surface area contributed by atoms with Gasteiger partial charge < -0.3 is 14.2 Å². The second kappa shape index (κ2) is 13.3. The van der Waals surface area contributed by atoms with Gasteiger partial charge in [0.15, 0.2) is 5.78 Å². The third-order valence-electron chi connectivity index (χ3n) is 7.90. The van der Waals surface area contributed by atoms with E-state index in [2.05, 4.69) is 32.0 Å². The lowest BCUT2D eigenvalue weighted by atomic mass is 9.82. The maximum Gasteiger partial charge on any atom is 0.343 e. The molecule has 4 aromatic carbocycles. The third kappa shape index (κ3) is 7.72. The Bertz CT molecular complexity index is 1580. The molecule has 0 spiro atoms. The number of rotatable bonds is 11. The summed E-state index contributed by atoms with van der Waals surface area (Å²) in [6.07, 6.45) is 0.902. The Morgan fingerprint density at radius 3 is 1.65 bits per heavy atom. The number of hydrogen-bond acceptors (Lipinski definition) is 5. The zero-order valence-corrected chi connectivity index (χ0v) is 26.5. The number of hydrogen-bond donors (Lipinski definition) is 0. The molecule has 0 saturated carbocycles. The molecule has 0 N–H and O–H groups in total. The number of carbonyl (C=O) groups is 2. The summed E-state index contributed by atoms with van der Waals surface area (Å²) in [6, 6.07) is 26.2. The van der Waals surface area contributed by atoms with Gasteiger partial charge in [-0.25, -0.2) is 4.79 Å². The highest BCUT2D eigenvalue weighted by atomic mass is 16.5. The summed E-state index contributed by atoms with van der Waals surface area (Å²) in [5, 5.41) is 0. The molecule has 5 nitrogen and oxygen atoms in total. The van der Waals surface area contributed by atoms with Crippen molar-refractivity contribution >= 4 is 11.8 Å². The van der Waals surface area contributed by atoms with Gasteiger partial charge in [0.05, 0.1) is 11.7 Å². The SMILES string of the molecule is CCC(C)(C)C(=O)c1ccc(Oc2ccc(C(=O)Oc3ccc(C(C)c4ccc(OC(C)C)c(C)c4)cc3C)cc2)cc1. The fraction of sp³-hybridized carbons (Fsp3) is 0.316. The predicted octanol–water partition coefficient (Wildman–Crippen LogP) is 9.87. The third-order valence-corrected chi connectivity index (χ3v) is 7.90. The Kier molecular flexibility index (Phi) is 9.75. The Morgan fingerprint density at radius 1 is 0.698 bits per heavy atom. The number of esters is 1. The van der Waals surface area contributed by atoms with Gasteiger partial charge in [0.1, 0.15) is 23.0 Å². The van der Waals surface area contributed by atoms with Crippen LogP contribution in [0.25, 0.3) is 0 Å². The zero-order valence-electron chi connectivity index (χ0n) is 26.5. The number of ether oxygens (including phenoxy) is 3. The summed E-state index contributed by atoms with van der Waals surface area (Å²) in [6.45, 7) is 16.2. The summed E-state index contributed by atoms with van der Waals surface area (Å²) in [5.74, 6) is 2.47. The lowest BCUT2D eigenvalue weighted by Gasteiger charge is -2.20. The first-order valence-electron chi connectivity index (χ1n) is 14.9. The predicted molar refractivity (Wildman–Crippen MR) is 172 cm³/mol. The van der Waals surface area contributed by atoms with Gasteiger partial charge in [-0.2, -0.15) is 0 Å². The molecule has 0 radical (unpaired) electrons. The second-order valence-corrected chi connectivity index (χ2v) is 12.0. The minimum absolute atomic E-state index is 0.112. The first kappa shape index (κ1) is 31.6. The molecule has 0 aliphatic rings. The average Bonchev–Trinajstić information content (AvgIpc) is 2.99. The van der Waals surface area contributed by atoms with Gasteiger partial charge in [-0.15, -0.1) is 0 Å². The molecule has 0 saturated heterocycles. The van der Waals surface area contributed by atoms with E-state index >= 15 is 0 Å². The van der Waals surface area contributed by atoms with Crippen LogP contribution in [0.4, 0.5) is 0 Å². The van der Waals surface area contributed by atoms with Crippen molar-refractivity contribution in [2.45, 2.75) is 73.8 Å². The molecule has 4 rings (SSSR count). The van der Waals surface area contributed by atoms with Crippen LogP contribution in [-0.4, -0.2) is 17.9 Å². The molecule has 0 aliphatic heterocycles. The lowest BCUT2D eigenvalue weighted by molar-refractivity contribution is 0.0733. The molecule has 0 bridgehead atoms. The summed E-state index contributed by atoms with van der Waals surface area (Å²) >= 11 is 0. The van der Waals surface area contributed by atoms with E-state index in [0.717, 1.165) is 28.9 Å². The molecule has 1 unspecified atom stereocenters. The lowest BCUT2D eigenvalue weighted by Crippen LogP contribution is -2.23. The van der Waals surface area contributed by atoms with Crippen LogP contribution in [0, 0.1) is 19.3 Å².